The molecule has 0 spiro atoms. The SMILES string of the molecule is COC(=O)/C(=C\C1(CCN)CCCC1)OC. The van der Waals surface area contributed by atoms with Crippen molar-refractivity contribution in [2.75, 3.05) is 20.8 Å². The van der Waals surface area contributed by atoms with E-state index in [1.54, 1.807) is 0 Å². The fourth-order valence-electron chi connectivity index (χ4n) is 2.41. The van der Waals surface area contributed by atoms with Gasteiger partial charge in [0.2, 0.25) is 5.76 Å². The Balaban J connectivity index is 2.85. The molecule has 1 saturated carbocycles. The molecule has 1 fully saturated rings. The standard InChI is InChI=1S/C12H21NO3/c1-15-10(11(14)16-2)9-12(7-8-13)5-3-4-6-12/h9H,3-8,13H2,1-2H3/b10-9+. The van der Waals surface area contributed by atoms with E-state index in [4.69, 9.17) is 10.5 Å². The van der Waals surface area contributed by atoms with Crippen molar-refractivity contribution in [3.05, 3.63) is 11.8 Å². The zero-order valence-electron chi connectivity index (χ0n) is 10.1. The monoisotopic (exact) mass is 227 g/mol. The van der Waals surface area contributed by atoms with Crippen LogP contribution in [-0.2, 0) is 14.3 Å². The molecule has 1 rings (SSSR count). The van der Waals surface area contributed by atoms with Crippen LogP contribution in [0.1, 0.15) is 32.1 Å². The number of nitrogens with two attached hydrogens (primary N) is 1. The first-order valence-electron chi connectivity index (χ1n) is 5.73. The number of carbonyl (C=O) groups is 1. The third kappa shape index (κ3) is 2.98. The Morgan fingerprint density at radius 2 is 1.94 bits per heavy atom. The molecular formula is C12H21NO3. The van der Waals surface area contributed by atoms with E-state index in [1.165, 1.54) is 27.1 Å². The van der Waals surface area contributed by atoms with Gasteiger partial charge in [0.05, 0.1) is 14.2 Å². The summed E-state index contributed by atoms with van der Waals surface area (Å²) >= 11 is 0. The van der Waals surface area contributed by atoms with Gasteiger partial charge in [0.15, 0.2) is 0 Å². The number of carbonyl (C=O) groups excluding carboxylic acids is 1. The topological polar surface area (TPSA) is 61.5 Å². The van der Waals surface area contributed by atoms with Gasteiger partial charge in [-0.25, -0.2) is 4.79 Å². The van der Waals surface area contributed by atoms with Gasteiger partial charge in [0, 0.05) is 0 Å². The van der Waals surface area contributed by atoms with E-state index >= 15 is 0 Å². The average Bonchev–Trinajstić information content (AvgIpc) is 2.74. The summed E-state index contributed by atoms with van der Waals surface area (Å²) in [6.45, 7) is 0.634. The van der Waals surface area contributed by atoms with Crippen LogP contribution in [0, 0.1) is 5.41 Å². The molecule has 0 unspecified atom stereocenters. The third-order valence-corrected chi connectivity index (χ3v) is 3.29. The molecular weight excluding hydrogens is 206 g/mol. The lowest BCUT2D eigenvalue weighted by Gasteiger charge is -2.25. The number of allylic oxidation sites excluding steroid dienone is 1. The lowest BCUT2D eigenvalue weighted by atomic mass is 9.82. The molecule has 0 aromatic carbocycles. The van der Waals surface area contributed by atoms with Gasteiger partial charge in [-0.3, -0.25) is 0 Å². The molecule has 92 valence electrons. The summed E-state index contributed by atoms with van der Waals surface area (Å²) in [6, 6.07) is 0. The van der Waals surface area contributed by atoms with Gasteiger partial charge in [0.1, 0.15) is 0 Å². The minimum atomic E-state index is -0.411. The molecule has 0 aromatic rings. The number of methoxy groups -OCH3 is 2. The van der Waals surface area contributed by atoms with E-state index in [1.807, 2.05) is 6.08 Å². The first kappa shape index (κ1) is 13.0. The molecule has 4 heteroatoms. The predicted molar refractivity (Wildman–Crippen MR) is 61.7 cm³/mol. The maximum absolute atomic E-state index is 11.4. The second-order valence-corrected chi connectivity index (χ2v) is 4.31. The lowest BCUT2D eigenvalue weighted by Crippen LogP contribution is -2.21. The summed E-state index contributed by atoms with van der Waals surface area (Å²) in [5.74, 6) is -0.108. The summed E-state index contributed by atoms with van der Waals surface area (Å²) in [5.41, 5.74) is 5.67. The summed E-state index contributed by atoms with van der Waals surface area (Å²) in [6.07, 6.45) is 7.35. The number of hydrogen-bond acceptors (Lipinski definition) is 4. The van der Waals surface area contributed by atoms with Crippen LogP contribution in [0.4, 0.5) is 0 Å². The number of ether oxygens (including phenoxy) is 2. The van der Waals surface area contributed by atoms with Crippen LogP contribution >= 0.6 is 0 Å². The molecule has 1 aliphatic carbocycles. The lowest BCUT2D eigenvalue weighted by molar-refractivity contribution is -0.139. The van der Waals surface area contributed by atoms with Crippen molar-refractivity contribution < 1.29 is 14.3 Å². The van der Waals surface area contributed by atoms with Gasteiger partial charge in [-0.05, 0) is 37.3 Å². The Morgan fingerprint density at radius 1 is 1.31 bits per heavy atom. The van der Waals surface area contributed by atoms with Crippen molar-refractivity contribution in [3.8, 4) is 0 Å². The Hall–Kier alpha value is -1.03. The number of hydrogen-bond donors (Lipinski definition) is 1. The minimum Gasteiger partial charge on any atom is -0.490 e. The fraction of sp³-hybridized carbons (Fsp3) is 0.750. The first-order valence-corrected chi connectivity index (χ1v) is 5.73. The number of rotatable bonds is 5. The van der Waals surface area contributed by atoms with Gasteiger partial charge >= 0.3 is 5.97 Å². The van der Waals surface area contributed by atoms with Gasteiger partial charge in [-0.15, -0.1) is 0 Å². The minimum absolute atomic E-state index is 0.0360. The smallest absolute Gasteiger partial charge is 0.372 e. The molecule has 1 aliphatic rings. The molecule has 16 heavy (non-hydrogen) atoms. The van der Waals surface area contributed by atoms with E-state index in [9.17, 15) is 4.79 Å². The first-order chi connectivity index (χ1) is 7.67. The van der Waals surface area contributed by atoms with Crippen LogP contribution in [0.15, 0.2) is 11.8 Å². The second-order valence-electron chi connectivity index (χ2n) is 4.31. The van der Waals surface area contributed by atoms with Crippen LogP contribution in [0.5, 0.6) is 0 Å². The van der Waals surface area contributed by atoms with E-state index in [0.29, 0.717) is 12.3 Å². The highest BCUT2D eigenvalue weighted by molar-refractivity contribution is 5.86. The highest BCUT2D eigenvalue weighted by atomic mass is 16.6. The molecule has 0 atom stereocenters. The van der Waals surface area contributed by atoms with Gasteiger partial charge in [-0.2, -0.15) is 0 Å². The average molecular weight is 227 g/mol. The molecule has 0 radical (unpaired) electrons. The predicted octanol–water partition coefficient (Wildman–Crippen LogP) is 1.60. The van der Waals surface area contributed by atoms with Crippen LogP contribution in [0.25, 0.3) is 0 Å². The molecule has 0 saturated heterocycles. The molecule has 0 amide bonds. The molecule has 2 N–H and O–H groups in total. The summed E-state index contributed by atoms with van der Waals surface area (Å²) in [4.78, 5) is 11.4. The third-order valence-electron chi connectivity index (χ3n) is 3.29. The second kappa shape index (κ2) is 5.89. The Labute approximate surface area is 96.8 Å². The highest BCUT2D eigenvalue weighted by Gasteiger charge is 2.32. The highest BCUT2D eigenvalue weighted by Crippen LogP contribution is 2.42. The summed E-state index contributed by atoms with van der Waals surface area (Å²) in [5, 5.41) is 0. The van der Waals surface area contributed by atoms with Crippen LogP contribution < -0.4 is 5.73 Å². The summed E-state index contributed by atoms with van der Waals surface area (Å²) in [7, 11) is 2.85. The van der Waals surface area contributed by atoms with Crippen molar-refractivity contribution >= 4 is 5.97 Å². The van der Waals surface area contributed by atoms with Gasteiger partial charge in [0.25, 0.3) is 0 Å². The quantitative estimate of drug-likeness (QED) is 0.440. The molecule has 4 nitrogen and oxygen atoms in total. The van der Waals surface area contributed by atoms with Crippen molar-refractivity contribution in [1.29, 1.82) is 0 Å². The maximum Gasteiger partial charge on any atom is 0.372 e. The van der Waals surface area contributed by atoms with Gasteiger partial charge < -0.3 is 15.2 Å². The Kier molecular flexibility index (Phi) is 4.80. The van der Waals surface area contributed by atoms with Crippen molar-refractivity contribution in [1.82, 2.24) is 0 Å². The van der Waals surface area contributed by atoms with Crippen molar-refractivity contribution in [2.24, 2.45) is 11.1 Å². The Morgan fingerprint density at radius 3 is 2.38 bits per heavy atom. The molecule has 0 aliphatic heterocycles. The van der Waals surface area contributed by atoms with Crippen LogP contribution in [0.2, 0.25) is 0 Å². The van der Waals surface area contributed by atoms with Crippen LogP contribution in [-0.4, -0.2) is 26.7 Å². The zero-order valence-corrected chi connectivity index (χ0v) is 10.1. The summed E-state index contributed by atoms with van der Waals surface area (Å²) < 4.78 is 9.76. The zero-order chi connectivity index (χ0) is 12.0. The van der Waals surface area contributed by atoms with Crippen molar-refractivity contribution in [2.45, 2.75) is 32.1 Å². The fourth-order valence-corrected chi connectivity index (χ4v) is 2.41. The normalized spacial score (nSPS) is 19.6. The van der Waals surface area contributed by atoms with E-state index < -0.39 is 5.97 Å². The van der Waals surface area contributed by atoms with E-state index in [2.05, 4.69) is 4.74 Å². The van der Waals surface area contributed by atoms with Crippen LogP contribution in [0.3, 0.4) is 0 Å². The largest absolute Gasteiger partial charge is 0.490 e. The molecule has 0 heterocycles. The number of esters is 1. The molecule has 0 aromatic heterocycles. The molecule has 0 bridgehead atoms. The van der Waals surface area contributed by atoms with E-state index in [0.717, 1.165) is 19.3 Å². The maximum atomic E-state index is 11.4. The van der Waals surface area contributed by atoms with E-state index in [-0.39, 0.29) is 5.41 Å². The van der Waals surface area contributed by atoms with Gasteiger partial charge in [-0.1, -0.05) is 12.8 Å². The van der Waals surface area contributed by atoms with Crippen molar-refractivity contribution in [3.63, 3.8) is 0 Å². The Bertz CT molecular complexity index is 267.